The molecule has 0 aromatic heterocycles. The molecule has 2 rings (SSSR count). The number of nitriles is 1. The van der Waals surface area contributed by atoms with Crippen molar-refractivity contribution in [3.8, 4) is 6.07 Å². The Morgan fingerprint density at radius 1 is 0.867 bits per heavy atom. The minimum absolute atomic E-state index is 0.765. The summed E-state index contributed by atoms with van der Waals surface area (Å²) >= 11 is 0. The molecule has 0 saturated heterocycles. The van der Waals surface area contributed by atoms with Gasteiger partial charge in [0.2, 0.25) is 0 Å². The maximum Gasteiger partial charge on any atom is 0.0994 e. The van der Waals surface area contributed by atoms with Crippen LogP contribution in [0.25, 0.3) is 0 Å². The molecule has 1 heteroatoms. The predicted molar refractivity (Wildman–Crippen MR) is 60.4 cm³/mol. The van der Waals surface area contributed by atoms with Gasteiger partial charge in [0.05, 0.1) is 11.6 Å². The fraction of sp³-hybridized carbons (Fsp3) is 0.0714. The Hall–Kier alpha value is -2.07. The molecule has 0 spiro atoms. The molecule has 0 bridgehead atoms. The van der Waals surface area contributed by atoms with Gasteiger partial charge in [0.25, 0.3) is 0 Å². The van der Waals surface area contributed by atoms with Crippen LogP contribution in [0.5, 0.6) is 0 Å². The van der Waals surface area contributed by atoms with Gasteiger partial charge in [-0.25, -0.2) is 0 Å². The first-order chi connectivity index (χ1) is 7.40. The van der Waals surface area contributed by atoms with Crippen molar-refractivity contribution in [2.24, 2.45) is 0 Å². The first kappa shape index (κ1) is 9.48. The summed E-state index contributed by atoms with van der Waals surface area (Å²) in [7, 11) is 0. The summed E-state index contributed by atoms with van der Waals surface area (Å²) < 4.78 is 0. The average Bonchev–Trinajstić information content (AvgIpc) is 2.31. The average molecular weight is 193 g/mol. The molecule has 0 N–H and O–H groups in total. The third-order valence-electron chi connectivity index (χ3n) is 2.38. The van der Waals surface area contributed by atoms with E-state index >= 15 is 0 Å². The molecule has 0 fully saturated rings. The van der Waals surface area contributed by atoms with Crippen molar-refractivity contribution in [3.63, 3.8) is 0 Å². The Morgan fingerprint density at radius 2 is 1.53 bits per heavy atom. The van der Waals surface area contributed by atoms with Crippen LogP contribution in [0.2, 0.25) is 0 Å². The summed E-state index contributed by atoms with van der Waals surface area (Å²) in [5, 5.41) is 8.95. The summed E-state index contributed by atoms with van der Waals surface area (Å²) in [5.74, 6) is 0. The van der Waals surface area contributed by atoms with Gasteiger partial charge in [-0.15, -0.1) is 0 Å². The minimum atomic E-state index is 0.765. The highest BCUT2D eigenvalue weighted by atomic mass is 14.2. The zero-order valence-electron chi connectivity index (χ0n) is 8.35. The zero-order chi connectivity index (χ0) is 10.5. The van der Waals surface area contributed by atoms with Crippen LogP contribution in [0.3, 0.4) is 0 Å². The monoisotopic (exact) mass is 193 g/mol. The lowest BCUT2D eigenvalue weighted by Gasteiger charge is -2.03. The van der Waals surface area contributed by atoms with Crippen molar-refractivity contribution < 1.29 is 0 Å². The second-order valence-electron chi connectivity index (χ2n) is 3.43. The molecule has 0 heterocycles. The van der Waals surface area contributed by atoms with Crippen LogP contribution in [0.15, 0.2) is 54.6 Å². The number of nitrogens with zero attached hydrogens (tertiary/aromatic N) is 1. The van der Waals surface area contributed by atoms with Gasteiger partial charge in [0.1, 0.15) is 0 Å². The van der Waals surface area contributed by atoms with Crippen molar-refractivity contribution in [1.29, 1.82) is 5.26 Å². The number of hydrogen-bond donors (Lipinski definition) is 0. The molecule has 0 radical (unpaired) electrons. The van der Waals surface area contributed by atoms with Crippen LogP contribution >= 0.6 is 0 Å². The lowest BCUT2D eigenvalue weighted by Crippen LogP contribution is -1.91. The van der Waals surface area contributed by atoms with E-state index in [-0.39, 0.29) is 0 Å². The smallest absolute Gasteiger partial charge is 0.0994 e. The summed E-state index contributed by atoms with van der Waals surface area (Å²) in [6.45, 7) is 0. The Balaban J connectivity index is 2.29. The Bertz CT molecular complexity index is 480. The van der Waals surface area contributed by atoms with E-state index in [4.69, 9.17) is 5.26 Å². The topological polar surface area (TPSA) is 23.8 Å². The maximum atomic E-state index is 8.95. The van der Waals surface area contributed by atoms with Gasteiger partial charge in [-0.1, -0.05) is 48.5 Å². The van der Waals surface area contributed by atoms with Gasteiger partial charge in [0, 0.05) is 0 Å². The van der Waals surface area contributed by atoms with Crippen LogP contribution in [0.4, 0.5) is 0 Å². The van der Waals surface area contributed by atoms with E-state index in [0.29, 0.717) is 0 Å². The largest absolute Gasteiger partial charge is 0.192 e. The highest BCUT2D eigenvalue weighted by Crippen LogP contribution is 2.13. The third kappa shape index (κ3) is 2.24. The van der Waals surface area contributed by atoms with Crippen LogP contribution in [0.1, 0.15) is 16.7 Å². The molecule has 15 heavy (non-hydrogen) atoms. The molecule has 1 nitrogen and oxygen atoms in total. The van der Waals surface area contributed by atoms with Crippen molar-refractivity contribution in [2.75, 3.05) is 0 Å². The van der Waals surface area contributed by atoms with Gasteiger partial charge in [0.15, 0.2) is 0 Å². The standard InChI is InChI=1S/C14H11N/c15-11-14-9-5-4-8-13(14)10-12-6-2-1-3-7-12/h1-9H,10H2. The molecule has 0 aliphatic carbocycles. The molecule has 0 atom stereocenters. The summed E-state index contributed by atoms with van der Waals surface area (Å²) in [6.07, 6.45) is 0.824. The van der Waals surface area contributed by atoms with E-state index < -0.39 is 0 Å². The highest BCUT2D eigenvalue weighted by molar-refractivity contribution is 5.40. The summed E-state index contributed by atoms with van der Waals surface area (Å²) in [4.78, 5) is 0. The SMILES string of the molecule is N#Cc1ccccc1Cc1ccccc1. The normalized spacial score (nSPS) is 9.53. The van der Waals surface area contributed by atoms with E-state index in [9.17, 15) is 0 Å². The Morgan fingerprint density at radius 3 is 2.27 bits per heavy atom. The molecule has 2 aromatic rings. The minimum Gasteiger partial charge on any atom is -0.192 e. The molecule has 0 unspecified atom stereocenters. The van der Waals surface area contributed by atoms with Crippen LogP contribution in [0, 0.1) is 11.3 Å². The zero-order valence-corrected chi connectivity index (χ0v) is 8.35. The van der Waals surface area contributed by atoms with E-state index in [0.717, 1.165) is 17.5 Å². The van der Waals surface area contributed by atoms with E-state index in [1.54, 1.807) is 0 Å². The molecule has 2 aromatic carbocycles. The molecular formula is C14H11N. The van der Waals surface area contributed by atoms with E-state index in [1.807, 2.05) is 42.5 Å². The fourth-order valence-corrected chi connectivity index (χ4v) is 1.60. The highest BCUT2D eigenvalue weighted by Gasteiger charge is 2.00. The van der Waals surface area contributed by atoms with Crippen molar-refractivity contribution >= 4 is 0 Å². The Labute approximate surface area is 89.6 Å². The van der Waals surface area contributed by atoms with Crippen molar-refractivity contribution in [2.45, 2.75) is 6.42 Å². The number of hydrogen-bond acceptors (Lipinski definition) is 1. The molecule has 0 saturated carbocycles. The molecule has 0 aliphatic heterocycles. The second-order valence-corrected chi connectivity index (χ2v) is 3.43. The van der Waals surface area contributed by atoms with Crippen LogP contribution in [-0.4, -0.2) is 0 Å². The van der Waals surface area contributed by atoms with Gasteiger partial charge in [-0.2, -0.15) is 5.26 Å². The van der Waals surface area contributed by atoms with E-state index in [2.05, 4.69) is 18.2 Å². The number of benzene rings is 2. The lowest BCUT2D eigenvalue weighted by atomic mass is 10.0. The van der Waals surface area contributed by atoms with Gasteiger partial charge in [-0.05, 0) is 23.6 Å². The van der Waals surface area contributed by atoms with Crippen molar-refractivity contribution in [1.82, 2.24) is 0 Å². The quantitative estimate of drug-likeness (QED) is 0.718. The first-order valence-corrected chi connectivity index (χ1v) is 4.92. The van der Waals surface area contributed by atoms with Crippen LogP contribution < -0.4 is 0 Å². The predicted octanol–water partition coefficient (Wildman–Crippen LogP) is 3.15. The summed E-state index contributed by atoms with van der Waals surface area (Å²) in [6, 6.07) is 20.1. The first-order valence-electron chi connectivity index (χ1n) is 4.92. The fourth-order valence-electron chi connectivity index (χ4n) is 1.60. The van der Waals surface area contributed by atoms with Gasteiger partial charge >= 0.3 is 0 Å². The lowest BCUT2D eigenvalue weighted by molar-refractivity contribution is 1.18. The second kappa shape index (κ2) is 4.43. The molecule has 0 amide bonds. The summed E-state index contributed by atoms with van der Waals surface area (Å²) in [5.41, 5.74) is 3.09. The third-order valence-corrected chi connectivity index (χ3v) is 2.38. The van der Waals surface area contributed by atoms with Crippen molar-refractivity contribution in [3.05, 3.63) is 71.3 Å². The Kier molecular flexibility index (Phi) is 2.80. The van der Waals surface area contributed by atoms with Crippen LogP contribution in [-0.2, 0) is 6.42 Å². The van der Waals surface area contributed by atoms with Gasteiger partial charge in [-0.3, -0.25) is 0 Å². The van der Waals surface area contributed by atoms with Gasteiger partial charge < -0.3 is 0 Å². The molecular weight excluding hydrogens is 182 g/mol. The molecule has 0 aliphatic rings. The maximum absolute atomic E-state index is 8.95. The number of rotatable bonds is 2. The molecule has 72 valence electrons. The van der Waals surface area contributed by atoms with E-state index in [1.165, 1.54) is 5.56 Å².